The molecule has 3 heteroatoms. The molecule has 0 radical (unpaired) electrons. The number of fused-ring (bicyclic) bond motifs is 1. The minimum Gasteiger partial charge on any atom is -0.423 e. The van der Waals surface area contributed by atoms with Gasteiger partial charge in [-0.2, -0.15) is 0 Å². The van der Waals surface area contributed by atoms with Gasteiger partial charge in [0.2, 0.25) is 0 Å². The predicted octanol–water partition coefficient (Wildman–Crippen LogP) is 1.62. The Morgan fingerprint density at radius 1 is 1.35 bits per heavy atom. The third-order valence-electron chi connectivity index (χ3n) is 4.54. The third-order valence-corrected chi connectivity index (χ3v) is 4.54. The summed E-state index contributed by atoms with van der Waals surface area (Å²) < 4.78 is 0. The largest absolute Gasteiger partial charge is 0.488 e. The molecule has 2 nitrogen and oxygen atoms in total. The Bertz CT molecular complexity index is 415. The molecule has 17 heavy (non-hydrogen) atoms. The van der Waals surface area contributed by atoms with Gasteiger partial charge in [-0.15, -0.1) is 0 Å². The van der Waals surface area contributed by atoms with E-state index in [2.05, 4.69) is 26.8 Å². The van der Waals surface area contributed by atoms with Crippen molar-refractivity contribution < 1.29 is 10.0 Å². The van der Waals surface area contributed by atoms with Crippen molar-refractivity contribution in [1.82, 2.24) is 0 Å². The van der Waals surface area contributed by atoms with E-state index in [1.165, 1.54) is 17.5 Å². The molecule has 1 aromatic rings. The van der Waals surface area contributed by atoms with Gasteiger partial charge in [0, 0.05) is 0 Å². The maximum absolute atomic E-state index is 9.29. The van der Waals surface area contributed by atoms with Crippen molar-refractivity contribution >= 4 is 12.6 Å². The van der Waals surface area contributed by atoms with Crippen LogP contribution in [0.1, 0.15) is 44.7 Å². The van der Waals surface area contributed by atoms with Crippen LogP contribution in [0.3, 0.4) is 0 Å². The lowest BCUT2D eigenvalue weighted by atomic mass is 9.68. The lowest BCUT2D eigenvalue weighted by Crippen LogP contribution is -2.34. The fourth-order valence-corrected chi connectivity index (χ4v) is 3.30. The normalized spacial score (nSPS) is 22.9. The Hall–Kier alpha value is -0.795. The lowest BCUT2D eigenvalue weighted by molar-refractivity contribution is 0.294. The minimum atomic E-state index is -1.36. The lowest BCUT2D eigenvalue weighted by Gasteiger charge is -2.34. The number of hydrogen-bond acceptors (Lipinski definition) is 2. The smallest absolute Gasteiger partial charge is 0.423 e. The van der Waals surface area contributed by atoms with Crippen LogP contribution in [0.2, 0.25) is 0 Å². The summed E-state index contributed by atoms with van der Waals surface area (Å²) in [5.74, 6) is 0.583. The van der Waals surface area contributed by atoms with Gasteiger partial charge in [0.15, 0.2) is 0 Å². The molecule has 1 aromatic carbocycles. The summed E-state index contributed by atoms with van der Waals surface area (Å²) in [6.07, 6.45) is 3.41. The summed E-state index contributed by atoms with van der Waals surface area (Å²) in [6, 6.07) is 5.88. The Kier molecular flexibility index (Phi) is 3.33. The first-order chi connectivity index (χ1) is 8.01. The van der Waals surface area contributed by atoms with Crippen molar-refractivity contribution in [2.24, 2.45) is 5.92 Å². The molecule has 0 aromatic heterocycles. The molecule has 92 valence electrons. The molecular formula is C14H21BO2. The van der Waals surface area contributed by atoms with E-state index >= 15 is 0 Å². The first-order valence-electron chi connectivity index (χ1n) is 6.50. The predicted molar refractivity (Wildman–Crippen MR) is 71.4 cm³/mol. The summed E-state index contributed by atoms with van der Waals surface area (Å²) >= 11 is 0. The van der Waals surface area contributed by atoms with Crippen molar-refractivity contribution in [1.29, 1.82) is 0 Å². The Morgan fingerprint density at radius 3 is 2.59 bits per heavy atom. The highest BCUT2D eigenvalue weighted by atomic mass is 16.4. The average molecular weight is 232 g/mol. The fraction of sp³-hybridized carbons (Fsp3) is 0.571. The second kappa shape index (κ2) is 4.47. The quantitative estimate of drug-likeness (QED) is 0.777. The van der Waals surface area contributed by atoms with E-state index in [1.54, 1.807) is 0 Å². The standard InChI is InChI=1S/C14H21BO2/c1-4-14(10(2)3)8-7-11-5-6-12(15(16)17)9-13(11)14/h5-6,9-10,16-17H,4,7-8H2,1-3H3. The van der Waals surface area contributed by atoms with Crippen LogP contribution in [0, 0.1) is 5.92 Å². The van der Waals surface area contributed by atoms with Gasteiger partial charge in [-0.3, -0.25) is 0 Å². The highest BCUT2D eigenvalue weighted by molar-refractivity contribution is 6.58. The van der Waals surface area contributed by atoms with E-state index in [1.807, 2.05) is 12.1 Å². The maximum Gasteiger partial charge on any atom is 0.488 e. The highest BCUT2D eigenvalue weighted by Crippen LogP contribution is 2.46. The summed E-state index contributed by atoms with van der Waals surface area (Å²) in [5, 5.41) is 18.6. The molecule has 0 bridgehead atoms. The van der Waals surface area contributed by atoms with Crippen molar-refractivity contribution in [3.8, 4) is 0 Å². The molecule has 1 aliphatic rings. The number of rotatable bonds is 3. The number of hydrogen-bond donors (Lipinski definition) is 2. The van der Waals surface area contributed by atoms with E-state index in [4.69, 9.17) is 0 Å². The van der Waals surface area contributed by atoms with Crippen LogP contribution in [0.15, 0.2) is 18.2 Å². The molecular weight excluding hydrogens is 211 g/mol. The zero-order chi connectivity index (χ0) is 12.6. The molecule has 0 heterocycles. The summed E-state index contributed by atoms with van der Waals surface area (Å²) in [5.41, 5.74) is 3.55. The number of aryl methyl sites for hydroxylation is 1. The van der Waals surface area contributed by atoms with Gasteiger partial charge in [-0.1, -0.05) is 39.0 Å². The average Bonchev–Trinajstić information content (AvgIpc) is 2.67. The molecule has 1 aliphatic carbocycles. The van der Waals surface area contributed by atoms with Crippen molar-refractivity contribution in [2.75, 3.05) is 0 Å². The van der Waals surface area contributed by atoms with Gasteiger partial charge in [0.1, 0.15) is 0 Å². The topological polar surface area (TPSA) is 40.5 Å². The van der Waals surface area contributed by atoms with Crippen molar-refractivity contribution in [3.63, 3.8) is 0 Å². The Labute approximate surface area is 104 Å². The van der Waals surface area contributed by atoms with E-state index in [9.17, 15) is 10.0 Å². The van der Waals surface area contributed by atoms with Crippen LogP contribution in [-0.2, 0) is 11.8 Å². The minimum absolute atomic E-state index is 0.222. The van der Waals surface area contributed by atoms with Crippen LogP contribution in [-0.4, -0.2) is 17.2 Å². The van der Waals surface area contributed by atoms with Crippen LogP contribution in [0.4, 0.5) is 0 Å². The van der Waals surface area contributed by atoms with Gasteiger partial charge >= 0.3 is 7.12 Å². The summed E-state index contributed by atoms with van der Waals surface area (Å²) in [4.78, 5) is 0. The first-order valence-corrected chi connectivity index (χ1v) is 6.50. The maximum atomic E-state index is 9.29. The van der Waals surface area contributed by atoms with E-state index in [-0.39, 0.29) is 5.41 Å². The molecule has 0 amide bonds. The van der Waals surface area contributed by atoms with Crippen LogP contribution in [0.25, 0.3) is 0 Å². The third kappa shape index (κ3) is 1.92. The van der Waals surface area contributed by atoms with Crippen LogP contribution in [0.5, 0.6) is 0 Å². The molecule has 0 saturated carbocycles. The van der Waals surface area contributed by atoms with Gasteiger partial charge in [0.25, 0.3) is 0 Å². The van der Waals surface area contributed by atoms with Crippen molar-refractivity contribution in [2.45, 2.75) is 45.4 Å². The summed E-state index contributed by atoms with van der Waals surface area (Å²) in [7, 11) is -1.36. The molecule has 0 aliphatic heterocycles. The zero-order valence-electron chi connectivity index (χ0n) is 10.9. The molecule has 1 unspecified atom stereocenters. The second-order valence-corrected chi connectivity index (χ2v) is 5.45. The first kappa shape index (κ1) is 12.7. The van der Waals surface area contributed by atoms with Crippen LogP contribution >= 0.6 is 0 Å². The van der Waals surface area contributed by atoms with Gasteiger partial charge in [-0.05, 0) is 47.2 Å². The summed E-state index contributed by atoms with van der Waals surface area (Å²) in [6.45, 7) is 6.76. The monoisotopic (exact) mass is 232 g/mol. The Balaban J connectivity index is 2.51. The molecule has 1 atom stereocenters. The fourth-order valence-electron chi connectivity index (χ4n) is 3.30. The molecule has 0 fully saturated rings. The van der Waals surface area contributed by atoms with Gasteiger partial charge < -0.3 is 10.0 Å². The molecule has 0 spiro atoms. The van der Waals surface area contributed by atoms with Crippen LogP contribution < -0.4 is 5.46 Å². The van der Waals surface area contributed by atoms with E-state index < -0.39 is 7.12 Å². The highest BCUT2D eigenvalue weighted by Gasteiger charge is 2.40. The molecule has 2 N–H and O–H groups in total. The second-order valence-electron chi connectivity index (χ2n) is 5.45. The zero-order valence-corrected chi connectivity index (χ0v) is 10.9. The van der Waals surface area contributed by atoms with E-state index in [0.717, 1.165) is 12.8 Å². The Morgan fingerprint density at radius 2 is 2.06 bits per heavy atom. The molecule has 2 rings (SSSR count). The number of benzene rings is 1. The van der Waals surface area contributed by atoms with Gasteiger partial charge in [-0.25, -0.2) is 0 Å². The van der Waals surface area contributed by atoms with E-state index in [0.29, 0.717) is 11.4 Å². The molecule has 0 saturated heterocycles. The van der Waals surface area contributed by atoms with Crippen molar-refractivity contribution in [3.05, 3.63) is 29.3 Å². The van der Waals surface area contributed by atoms with Gasteiger partial charge in [0.05, 0.1) is 0 Å². The SMILES string of the molecule is CCC1(C(C)C)CCc2ccc(B(O)O)cc21.